The lowest BCUT2D eigenvalue weighted by Gasteiger charge is -2.34. The lowest BCUT2D eigenvalue weighted by atomic mass is 10.0. The lowest BCUT2D eigenvalue weighted by Crippen LogP contribution is -2.45. The van der Waals surface area contributed by atoms with Crippen LogP contribution in [0.25, 0.3) is 21.3 Å². The van der Waals surface area contributed by atoms with Crippen LogP contribution in [0.2, 0.25) is 0 Å². The average Bonchev–Trinajstić information content (AvgIpc) is 3.29. The van der Waals surface area contributed by atoms with Crippen LogP contribution < -0.4 is 10.2 Å². The predicted molar refractivity (Wildman–Crippen MR) is 137 cm³/mol. The molecule has 2 aromatic carbocycles. The first kappa shape index (κ1) is 22.5. The molecule has 0 unspecified atom stereocenters. The van der Waals surface area contributed by atoms with Crippen LogP contribution in [0.5, 0.6) is 0 Å². The first-order valence-electron chi connectivity index (χ1n) is 11.6. The molecule has 2 aromatic heterocycles. The van der Waals surface area contributed by atoms with Crippen LogP contribution in [0.15, 0.2) is 60.0 Å². The first-order chi connectivity index (χ1) is 16.6. The van der Waals surface area contributed by atoms with Crippen molar-refractivity contribution in [2.75, 3.05) is 25.1 Å². The van der Waals surface area contributed by atoms with Crippen molar-refractivity contribution in [1.29, 1.82) is 0 Å². The fourth-order valence-electron chi connectivity index (χ4n) is 4.55. The van der Waals surface area contributed by atoms with Crippen molar-refractivity contribution in [3.05, 3.63) is 76.9 Å². The Morgan fingerprint density at radius 3 is 2.56 bits per heavy atom. The van der Waals surface area contributed by atoms with Crippen LogP contribution in [0.3, 0.4) is 0 Å². The van der Waals surface area contributed by atoms with Crippen LogP contribution in [-0.2, 0) is 11.3 Å². The van der Waals surface area contributed by atoms with Gasteiger partial charge in [-0.15, -0.1) is 11.3 Å². The van der Waals surface area contributed by atoms with Gasteiger partial charge in [0.05, 0.1) is 5.39 Å². The van der Waals surface area contributed by atoms with Gasteiger partial charge < -0.3 is 15.0 Å². The molecule has 0 radical (unpaired) electrons. The quantitative estimate of drug-likeness (QED) is 0.417. The molecule has 174 valence electrons. The molecule has 1 aliphatic rings. The molecule has 1 aliphatic heterocycles. The van der Waals surface area contributed by atoms with Gasteiger partial charge in [-0.05, 0) is 37.0 Å². The number of benzene rings is 2. The van der Waals surface area contributed by atoms with Gasteiger partial charge in [-0.25, -0.2) is 9.97 Å². The Morgan fingerprint density at radius 2 is 1.82 bits per heavy atom. The highest BCUT2D eigenvalue weighted by atomic mass is 32.1. The average molecular weight is 473 g/mol. The van der Waals surface area contributed by atoms with Crippen molar-refractivity contribution in [1.82, 2.24) is 15.3 Å². The fraction of sp³-hybridized carbons (Fsp3) is 0.296. The molecule has 0 saturated carbocycles. The van der Waals surface area contributed by atoms with E-state index < -0.39 is 0 Å². The molecule has 4 aromatic rings. The summed E-state index contributed by atoms with van der Waals surface area (Å²) in [6.45, 7) is 3.99. The summed E-state index contributed by atoms with van der Waals surface area (Å²) in [7, 11) is 1.67. The number of amides is 1. The molecule has 7 heteroatoms. The fourth-order valence-corrected chi connectivity index (χ4v) is 5.51. The topological polar surface area (TPSA) is 67.3 Å². The zero-order chi connectivity index (χ0) is 23.5. The van der Waals surface area contributed by atoms with E-state index in [2.05, 4.69) is 39.9 Å². The van der Waals surface area contributed by atoms with E-state index in [0.717, 1.165) is 58.7 Å². The minimum absolute atomic E-state index is 0.00700. The van der Waals surface area contributed by atoms with E-state index >= 15 is 0 Å². The Morgan fingerprint density at radius 1 is 1.09 bits per heavy atom. The van der Waals surface area contributed by atoms with Crippen LogP contribution in [-0.4, -0.2) is 42.1 Å². The molecule has 0 aliphatic carbocycles. The van der Waals surface area contributed by atoms with Crippen molar-refractivity contribution >= 4 is 33.3 Å². The van der Waals surface area contributed by atoms with Crippen LogP contribution in [0, 0.1) is 6.92 Å². The number of aromatic nitrogens is 2. The minimum Gasteiger partial charge on any atom is -0.377 e. The number of rotatable bonds is 6. The number of fused-ring (bicyclic) bond motifs is 1. The summed E-state index contributed by atoms with van der Waals surface area (Å²) in [5, 5.41) is 6.50. The molecule has 3 heterocycles. The predicted octanol–water partition coefficient (Wildman–Crippen LogP) is 5.21. The number of anilines is 1. The van der Waals surface area contributed by atoms with Crippen LogP contribution in [0.1, 0.15) is 34.6 Å². The number of hydrogen-bond acceptors (Lipinski definition) is 6. The smallest absolute Gasteiger partial charge is 0.251 e. The standard InChI is InChI=1S/C27H28N4O2S/c1-18-8-6-7-11-21(18)26(32)28-20-12-14-31(15-13-20)25-24-22(19-9-4-3-5-10-19)17-34-27(24)30-23(29-25)16-33-2/h3-11,17,20H,12-16H2,1-2H3,(H,28,32). The van der Waals surface area contributed by atoms with Crippen LogP contribution >= 0.6 is 11.3 Å². The van der Waals surface area contributed by atoms with Crippen molar-refractivity contribution in [2.24, 2.45) is 0 Å². The molecule has 1 saturated heterocycles. The highest BCUT2D eigenvalue weighted by Gasteiger charge is 2.26. The summed E-state index contributed by atoms with van der Waals surface area (Å²) in [5.74, 6) is 1.66. The van der Waals surface area contributed by atoms with Gasteiger partial charge in [0.2, 0.25) is 0 Å². The normalized spacial score (nSPS) is 14.5. The maximum atomic E-state index is 12.8. The molecular formula is C27H28N4O2S. The lowest BCUT2D eigenvalue weighted by molar-refractivity contribution is 0.0930. The van der Waals surface area contributed by atoms with Gasteiger partial charge >= 0.3 is 0 Å². The number of carbonyl (C=O) groups is 1. The Balaban J connectivity index is 1.39. The molecule has 1 fully saturated rings. The Labute approximate surface area is 203 Å². The zero-order valence-corrected chi connectivity index (χ0v) is 20.3. The van der Waals surface area contributed by atoms with Crippen molar-refractivity contribution in [2.45, 2.75) is 32.4 Å². The van der Waals surface area contributed by atoms with Crippen LogP contribution in [0.4, 0.5) is 5.82 Å². The van der Waals surface area contributed by atoms with Gasteiger partial charge in [0.15, 0.2) is 5.82 Å². The maximum Gasteiger partial charge on any atom is 0.251 e. The van der Waals surface area contributed by atoms with Crippen molar-refractivity contribution in [3.63, 3.8) is 0 Å². The number of nitrogens with zero attached hydrogens (tertiary/aromatic N) is 3. The summed E-state index contributed by atoms with van der Waals surface area (Å²) in [6.07, 6.45) is 1.74. The molecule has 5 rings (SSSR count). The summed E-state index contributed by atoms with van der Waals surface area (Å²) in [5.41, 5.74) is 4.07. The Bertz CT molecular complexity index is 1300. The van der Waals surface area contributed by atoms with Gasteiger partial charge in [-0.3, -0.25) is 4.79 Å². The Kier molecular flexibility index (Phi) is 6.56. The Hall–Kier alpha value is -3.29. The number of piperidine rings is 1. The van der Waals surface area contributed by atoms with Gasteiger partial charge in [-0.1, -0.05) is 48.5 Å². The van der Waals surface area contributed by atoms with Gasteiger partial charge in [-0.2, -0.15) is 0 Å². The van der Waals surface area contributed by atoms with E-state index in [1.54, 1.807) is 18.4 Å². The molecular weight excluding hydrogens is 444 g/mol. The second-order valence-corrected chi connectivity index (χ2v) is 9.50. The molecule has 0 spiro atoms. The molecule has 0 atom stereocenters. The van der Waals surface area contributed by atoms with E-state index in [4.69, 9.17) is 14.7 Å². The largest absolute Gasteiger partial charge is 0.377 e. The zero-order valence-electron chi connectivity index (χ0n) is 19.5. The van der Waals surface area contributed by atoms with Gasteiger partial charge in [0.1, 0.15) is 17.3 Å². The number of nitrogens with one attached hydrogen (secondary N) is 1. The number of carbonyl (C=O) groups excluding carboxylic acids is 1. The SMILES string of the molecule is COCc1nc(N2CCC(NC(=O)c3ccccc3C)CC2)c2c(-c3ccccc3)csc2n1. The van der Waals surface area contributed by atoms with E-state index in [0.29, 0.717) is 12.4 Å². The summed E-state index contributed by atoms with van der Waals surface area (Å²) < 4.78 is 5.34. The van der Waals surface area contributed by atoms with Gasteiger partial charge in [0.25, 0.3) is 5.91 Å². The summed E-state index contributed by atoms with van der Waals surface area (Å²) in [4.78, 5) is 25.8. The van der Waals surface area contributed by atoms with E-state index in [-0.39, 0.29) is 11.9 Å². The van der Waals surface area contributed by atoms with E-state index in [1.807, 2.05) is 37.3 Å². The minimum atomic E-state index is 0.00700. The second-order valence-electron chi connectivity index (χ2n) is 8.64. The van der Waals surface area contributed by atoms with E-state index in [9.17, 15) is 4.79 Å². The van der Waals surface area contributed by atoms with Gasteiger partial charge in [0, 0.05) is 42.7 Å². The summed E-state index contributed by atoms with van der Waals surface area (Å²) >= 11 is 1.64. The van der Waals surface area contributed by atoms with Crippen molar-refractivity contribution < 1.29 is 9.53 Å². The molecule has 1 N–H and O–H groups in total. The highest BCUT2D eigenvalue weighted by Crippen LogP contribution is 2.39. The highest BCUT2D eigenvalue weighted by molar-refractivity contribution is 7.17. The van der Waals surface area contributed by atoms with E-state index in [1.165, 1.54) is 5.56 Å². The molecule has 6 nitrogen and oxygen atoms in total. The number of thiophene rings is 1. The monoisotopic (exact) mass is 472 g/mol. The first-order valence-corrected chi connectivity index (χ1v) is 12.5. The third kappa shape index (κ3) is 4.54. The molecule has 1 amide bonds. The number of aryl methyl sites for hydroxylation is 1. The number of ether oxygens (including phenoxy) is 1. The van der Waals surface area contributed by atoms with Crippen molar-refractivity contribution in [3.8, 4) is 11.1 Å². The third-order valence-electron chi connectivity index (χ3n) is 6.34. The third-order valence-corrected chi connectivity index (χ3v) is 7.21. The number of methoxy groups -OCH3 is 1. The second kappa shape index (κ2) is 9.91. The maximum absolute atomic E-state index is 12.8. The molecule has 0 bridgehead atoms. The molecule has 34 heavy (non-hydrogen) atoms. The number of hydrogen-bond donors (Lipinski definition) is 1. The summed E-state index contributed by atoms with van der Waals surface area (Å²) in [6, 6.07) is 18.3.